The Kier molecular flexibility index (Phi) is 9.32. The van der Waals surface area contributed by atoms with Crippen LogP contribution in [0.4, 0.5) is 4.39 Å². The Hall–Kier alpha value is -4.81. The van der Waals surface area contributed by atoms with E-state index < -0.39 is 0 Å². The van der Waals surface area contributed by atoms with Gasteiger partial charge in [0.05, 0.1) is 35.5 Å². The lowest BCUT2D eigenvalue weighted by Gasteiger charge is -2.22. The molecule has 3 heterocycles. The van der Waals surface area contributed by atoms with Crippen LogP contribution in [0.25, 0.3) is 5.69 Å². The Morgan fingerprint density at radius 3 is 2.49 bits per heavy atom. The van der Waals surface area contributed by atoms with Crippen LogP contribution in [0.1, 0.15) is 46.0 Å². The molecule has 6 rings (SSSR count). The van der Waals surface area contributed by atoms with Crippen molar-refractivity contribution in [2.75, 3.05) is 12.4 Å². The molecule has 1 unspecified atom stereocenters. The molecule has 1 aliphatic heterocycles. The molecule has 9 nitrogen and oxygen atoms in total. The molecule has 0 fully saturated rings. The standard InChI is InChI=1S/C33H29FN6O3S2/c1-2-43-26-16-14-25(15-17-26)39-30(20-35-32(42)23-7-4-3-5-8-23)36-37-33(39)45-21-31(41)40-28(22-10-12-24(34)13-11-22)19-27(38-40)29-9-6-18-44-29/h3-18,28H,2,19-21H2,1H3,(H,35,42). The minimum atomic E-state index is -0.358. The molecule has 0 radical (unpaired) electrons. The van der Waals surface area contributed by atoms with Gasteiger partial charge in [0, 0.05) is 17.7 Å². The fourth-order valence-electron chi connectivity index (χ4n) is 4.95. The summed E-state index contributed by atoms with van der Waals surface area (Å²) in [5, 5.41) is 20.3. The number of amides is 2. The molecule has 0 saturated heterocycles. The van der Waals surface area contributed by atoms with Crippen molar-refractivity contribution in [2.24, 2.45) is 5.10 Å². The van der Waals surface area contributed by atoms with Crippen LogP contribution in [0.2, 0.25) is 0 Å². The summed E-state index contributed by atoms with van der Waals surface area (Å²) in [6.07, 6.45) is 0.524. The second-order valence-corrected chi connectivity index (χ2v) is 11.9. The topological polar surface area (TPSA) is 102 Å². The second kappa shape index (κ2) is 13.9. The van der Waals surface area contributed by atoms with Crippen LogP contribution in [0.15, 0.2) is 107 Å². The van der Waals surface area contributed by atoms with Crippen molar-refractivity contribution in [1.29, 1.82) is 0 Å². The highest BCUT2D eigenvalue weighted by Crippen LogP contribution is 2.35. The van der Waals surface area contributed by atoms with Crippen molar-refractivity contribution < 1.29 is 18.7 Å². The number of carbonyl (C=O) groups is 2. The smallest absolute Gasteiger partial charge is 0.253 e. The third-order valence-electron chi connectivity index (χ3n) is 7.10. The molecular formula is C33H29FN6O3S2. The van der Waals surface area contributed by atoms with Gasteiger partial charge in [0.1, 0.15) is 11.6 Å². The van der Waals surface area contributed by atoms with Crippen LogP contribution in [0, 0.1) is 5.82 Å². The van der Waals surface area contributed by atoms with E-state index in [1.807, 2.05) is 59.3 Å². The first-order valence-corrected chi connectivity index (χ1v) is 16.2. The average molecular weight is 641 g/mol. The number of thiophene rings is 1. The summed E-state index contributed by atoms with van der Waals surface area (Å²) in [6, 6.07) is 26.1. The van der Waals surface area contributed by atoms with Crippen molar-refractivity contribution in [3.8, 4) is 11.4 Å². The summed E-state index contributed by atoms with van der Waals surface area (Å²) < 4.78 is 21.1. The number of benzene rings is 3. The molecule has 0 saturated carbocycles. The van der Waals surface area contributed by atoms with Gasteiger partial charge in [-0.1, -0.05) is 48.2 Å². The van der Waals surface area contributed by atoms with E-state index in [2.05, 4.69) is 15.5 Å². The van der Waals surface area contributed by atoms with Gasteiger partial charge < -0.3 is 10.1 Å². The van der Waals surface area contributed by atoms with Crippen LogP contribution in [0.5, 0.6) is 5.75 Å². The van der Waals surface area contributed by atoms with E-state index in [-0.39, 0.29) is 36.0 Å². The summed E-state index contributed by atoms with van der Waals surface area (Å²) in [5.41, 5.74) is 2.91. The molecule has 12 heteroatoms. The Balaban J connectivity index is 1.24. The molecule has 0 bridgehead atoms. The Labute approximate surface area is 267 Å². The van der Waals surface area contributed by atoms with Gasteiger partial charge >= 0.3 is 0 Å². The van der Waals surface area contributed by atoms with Crippen molar-refractivity contribution in [1.82, 2.24) is 25.1 Å². The summed E-state index contributed by atoms with van der Waals surface area (Å²) in [5.74, 6) is 0.459. The van der Waals surface area contributed by atoms with E-state index in [1.54, 1.807) is 47.7 Å². The quantitative estimate of drug-likeness (QED) is 0.171. The number of nitrogens with one attached hydrogen (secondary N) is 1. The maximum atomic E-state index is 13.7. The van der Waals surface area contributed by atoms with Gasteiger partial charge in [-0.15, -0.1) is 21.5 Å². The van der Waals surface area contributed by atoms with Crippen LogP contribution < -0.4 is 10.1 Å². The molecule has 2 aromatic heterocycles. The first kappa shape index (κ1) is 30.2. The van der Waals surface area contributed by atoms with Gasteiger partial charge in [-0.2, -0.15) is 5.10 Å². The van der Waals surface area contributed by atoms with Crippen LogP contribution >= 0.6 is 23.1 Å². The van der Waals surface area contributed by atoms with Gasteiger partial charge in [-0.3, -0.25) is 14.2 Å². The zero-order valence-electron chi connectivity index (χ0n) is 24.3. The summed E-state index contributed by atoms with van der Waals surface area (Å²) >= 11 is 2.79. The number of hydrogen-bond acceptors (Lipinski definition) is 8. The number of nitrogens with zero attached hydrogens (tertiary/aromatic N) is 5. The SMILES string of the molecule is CCOc1ccc(-n2c(CNC(=O)c3ccccc3)nnc2SCC(=O)N2N=C(c3cccs3)CC2c2ccc(F)cc2)cc1. The van der Waals surface area contributed by atoms with Crippen molar-refractivity contribution in [3.63, 3.8) is 0 Å². The van der Waals surface area contributed by atoms with Crippen LogP contribution in [-0.4, -0.2) is 49.7 Å². The van der Waals surface area contributed by atoms with Gasteiger partial charge in [-0.25, -0.2) is 9.40 Å². The summed E-state index contributed by atoms with van der Waals surface area (Å²) in [4.78, 5) is 27.5. The molecule has 45 heavy (non-hydrogen) atoms. The van der Waals surface area contributed by atoms with Crippen LogP contribution in [0.3, 0.4) is 0 Å². The fourth-order valence-corrected chi connectivity index (χ4v) is 6.49. The minimum Gasteiger partial charge on any atom is -0.494 e. The molecular weight excluding hydrogens is 612 g/mol. The maximum Gasteiger partial charge on any atom is 0.253 e. The lowest BCUT2D eigenvalue weighted by molar-refractivity contribution is -0.130. The van der Waals surface area contributed by atoms with E-state index in [0.717, 1.165) is 27.6 Å². The molecule has 1 atom stereocenters. The highest BCUT2D eigenvalue weighted by atomic mass is 32.2. The first-order chi connectivity index (χ1) is 22.0. The summed E-state index contributed by atoms with van der Waals surface area (Å²) in [7, 11) is 0. The number of aromatic nitrogens is 3. The normalized spacial score (nSPS) is 14.3. The van der Waals surface area contributed by atoms with Crippen molar-refractivity contribution in [2.45, 2.75) is 31.1 Å². The third-order valence-corrected chi connectivity index (χ3v) is 8.93. The number of rotatable bonds is 11. The lowest BCUT2D eigenvalue weighted by atomic mass is 10.0. The average Bonchev–Trinajstić information content (AvgIpc) is 3.84. The Morgan fingerprint density at radius 1 is 1.00 bits per heavy atom. The highest BCUT2D eigenvalue weighted by molar-refractivity contribution is 7.99. The number of carbonyl (C=O) groups excluding carboxylic acids is 2. The van der Waals surface area contributed by atoms with Crippen LogP contribution in [-0.2, 0) is 11.3 Å². The molecule has 3 aromatic carbocycles. The second-order valence-electron chi connectivity index (χ2n) is 10.0. The van der Waals surface area contributed by atoms with Gasteiger partial charge in [0.2, 0.25) is 0 Å². The largest absolute Gasteiger partial charge is 0.494 e. The summed E-state index contributed by atoms with van der Waals surface area (Å²) in [6.45, 7) is 2.58. The number of thioether (sulfide) groups is 1. The number of ether oxygens (including phenoxy) is 1. The molecule has 0 spiro atoms. The van der Waals surface area contributed by atoms with E-state index in [0.29, 0.717) is 29.6 Å². The van der Waals surface area contributed by atoms with Crippen molar-refractivity contribution in [3.05, 3.63) is 124 Å². The number of hydrazone groups is 1. The molecule has 5 aromatic rings. The zero-order chi connectivity index (χ0) is 31.2. The molecule has 228 valence electrons. The predicted molar refractivity (Wildman–Crippen MR) is 172 cm³/mol. The number of halogens is 1. The van der Waals surface area contributed by atoms with Gasteiger partial charge in [0.25, 0.3) is 11.8 Å². The van der Waals surface area contributed by atoms with Gasteiger partial charge in [0.15, 0.2) is 11.0 Å². The predicted octanol–water partition coefficient (Wildman–Crippen LogP) is 6.27. The third kappa shape index (κ3) is 6.97. The Bertz CT molecular complexity index is 1790. The zero-order valence-corrected chi connectivity index (χ0v) is 25.9. The molecule has 1 aliphatic rings. The maximum absolute atomic E-state index is 13.7. The molecule has 1 N–H and O–H groups in total. The Morgan fingerprint density at radius 2 is 1.78 bits per heavy atom. The van der Waals surface area contributed by atoms with E-state index in [9.17, 15) is 14.0 Å². The van der Waals surface area contributed by atoms with Gasteiger partial charge in [-0.05, 0) is 72.5 Å². The van der Waals surface area contributed by atoms with E-state index in [1.165, 1.54) is 28.9 Å². The highest BCUT2D eigenvalue weighted by Gasteiger charge is 2.33. The van der Waals surface area contributed by atoms with Crippen molar-refractivity contribution >= 4 is 40.6 Å². The lowest BCUT2D eigenvalue weighted by Crippen LogP contribution is -2.28. The monoisotopic (exact) mass is 640 g/mol. The number of hydrogen-bond donors (Lipinski definition) is 1. The minimum absolute atomic E-state index is 0.0322. The fraction of sp³-hybridized carbons (Fsp3) is 0.182. The molecule has 0 aliphatic carbocycles. The first-order valence-electron chi connectivity index (χ1n) is 14.3. The molecule has 2 amide bonds. The van der Waals surface area contributed by atoms with E-state index >= 15 is 0 Å². The van der Waals surface area contributed by atoms with E-state index in [4.69, 9.17) is 9.84 Å².